The van der Waals surface area contributed by atoms with Crippen LogP contribution in [0.5, 0.6) is 0 Å². The average molecular weight is 160 g/mol. The van der Waals surface area contributed by atoms with Crippen molar-refractivity contribution in [2.24, 2.45) is 0 Å². The molecule has 0 heterocycles. The first-order valence-electron chi connectivity index (χ1n) is 4.29. The summed E-state index contributed by atoms with van der Waals surface area (Å²) in [6.07, 6.45) is 4.65. The van der Waals surface area contributed by atoms with Crippen LogP contribution in [0.3, 0.4) is 0 Å². The fourth-order valence-electron chi connectivity index (χ4n) is 0.984. The minimum atomic E-state index is -0.366. The molecule has 2 nitrogen and oxygen atoms in total. The Morgan fingerprint density at radius 2 is 1.64 bits per heavy atom. The maximum absolute atomic E-state index is 5.21. The molecule has 0 atom stereocenters. The van der Waals surface area contributed by atoms with Crippen LogP contribution in [-0.4, -0.2) is 20.0 Å². The summed E-state index contributed by atoms with van der Waals surface area (Å²) < 4.78 is 10.4. The Morgan fingerprint density at radius 1 is 1.09 bits per heavy atom. The van der Waals surface area contributed by atoms with Gasteiger partial charge < -0.3 is 9.47 Å². The highest BCUT2D eigenvalue weighted by Crippen LogP contribution is 2.18. The molecule has 0 unspecified atom stereocenters. The van der Waals surface area contributed by atoms with E-state index in [1.54, 1.807) is 14.2 Å². The zero-order valence-electron chi connectivity index (χ0n) is 8.14. The van der Waals surface area contributed by atoms with Gasteiger partial charge in [0.1, 0.15) is 0 Å². The van der Waals surface area contributed by atoms with Crippen LogP contribution in [0.1, 0.15) is 39.5 Å². The van der Waals surface area contributed by atoms with E-state index in [0.717, 1.165) is 6.42 Å². The van der Waals surface area contributed by atoms with Crippen molar-refractivity contribution in [1.29, 1.82) is 0 Å². The van der Waals surface area contributed by atoms with Crippen molar-refractivity contribution in [1.82, 2.24) is 0 Å². The van der Waals surface area contributed by atoms with Crippen molar-refractivity contribution in [3.8, 4) is 0 Å². The smallest absolute Gasteiger partial charge is 0.164 e. The summed E-state index contributed by atoms with van der Waals surface area (Å²) in [6, 6.07) is 0. The lowest BCUT2D eigenvalue weighted by molar-refractivity contribution is -0.197. The number of unbranched alkanes of at least 4 members (excludes halogenated alkanes) is 2. The predicted octanol–water partition coefficient (Wildman–Crippen LogP) is 2.58. The molecule has 0 fully saturated rings. The van der Waals surface area contributed by atoms with E-state index in [-0.39, 0.29) is 5.79 Å². The van der Waals surface area contributed by atoms with E-state index < -0.39 is 0 Å². The number of methoxy groups -OCH3 is 2. The van der Waals surface area contributed by atoms with Gasteiger partial charge in [-0.15, -0.1) is 0 Å². The van der Waals surface area contributed by atoms with E-state index in [1.165, 1.54) is 19.3 Å². The molecular weight excluding hydrogens is 140 g/mol. The molecule has 0 aliphatic heterocycles. The molecule has 0 saturated heterocycles. The second-order valence-electron chi connectivity index (χ2n) is 3.00. The Kier molecular flexibility index (Phi) is 5.51. The van der Waals surface area contributed by atoms with E-state index in [9.17, 15) is 0 Å². The zero-order chi connectivity index (χ0) is 8.74. The van der Waals surface area contributed by atoms with Crippen molar-refractivity contribution < 1.29 is 9.47 Å². The predicted molar refractivity (Wildman–Crippen MR) is 46.6 cm³/mol. The molecule has 0 amide bonds. The molecule has 0 N–H and O–H groups in total. The molecule has 2 heteroatoms. The Hall–Kier alpha value is -0.0800. The highest BCUT2D eigenvalue weighted by atomic mass is 16.7. The van der Waals surface area contributed by atoms with Crippen LogP contribution in [0.15, 0.2) is 0 Å². The highest BCUT2D eigenvalue weighted by Gasteiger charge is 2.20. The second kappa shape index (κ2) is 5.56. The number of hydrogen-bond donors (Lipinski definition) is 0. The number of rotatable bonds is 6. The summed E-state index contributed by atoms with van der Waals surface area (Å²) in [6.45, 7) is 4.17. The van der Waals surface area contributed by atoms with Gasteiger partial charge in [-0.25, -0.2) is 0 Å². The van der Waals surface area contributed by atoms with E-state index in [1.807, 2.05) is 6.92 Å². The van der Waals surface area contributed by atoms with Gasteiger partial charge in [-0.2, -0.15) is 0 Å². The molecule has 0 aromatic heterocycles. The van der Waals surface area contributed by atoms with Crippen LogP contribution in [-0.2, 0) is 9.47 Å². The van der Waals surface area contributed by atoms with Crippen LogP contribution in [0.2, 0.25) is 0 Å². The van der Waals surface area contributed by atoms with Crippen LogP contribution in [0.25, 0.3) is 0 Å². The summed E-state index contributed by atoms with van der Waals surface area (Å²) in [4.78, 5) is 0. The van der Waals surface area contributed by atoms with Gasteiger partial charge in [0.15, 0.2) is 5.79 Å². The topological polar surface area (TPSA) is 18.5 Å². The van der Waals surface area contributed by atoms with Gasteiger partial charge in [0, 0.05) is 20.6 Å². The summed E-state index contributed by atoms with van der Waals surface area (Å²) in [5.41, 5.74) is 0. The van der Waals surface area contributed by atoms with Gasteiger partial charge >= 0.3 is 0 Å². The monoisotopic (exact) mass is 160 g/mol. The Morgan fingerprint density at radius 3 is 2.00 bits per heavy atom. The first-order valence-corrected chi connectivity index (χ1v) is 4.29. The van der Waals surface area contributed by atoms with E-state index in [0.29, 0.717) is 0 Å². The van der Waals surface area contributed by atoms with Gasteiger partial charge in [0.2, 0.25) is 0 Å². The summed E-state index contributed by atoms with van der Waals surface area (Å²) in [5, 5.41) is 0. The first-order chi connectivity index (χ1) is 5.18. The minimum Gasteiger partial charge on any atom is -0.353 e. The molecule has 0 radical (unpaired) electrons. The summed E-state index contributed by atoms with van der Waals surface area (Å²) in [7, 11) is 3.38. The average Bonchev–Trinajstić information content (AvgIpc) is 2.05. The van der Waals surface area contributed by atoms with E-state index in [4.69, 9.17) is 9.47 Å². The number of hydrogen-bond acceptors (Lipinski definition) is 2. The lowest BCUT2D eigenvalue weighted by Gasteiger charge is -2.26. The van der Waals surface area contributed by atoms with Crippen molar-refractivity contribution in [2.75, 3.05) is 14.2 Å². The van der Waals surface area contributed by atoms with Crippen molar-refractivity contribution in [3.05, 3.63) is 0 Å². The molecule has 0 rings (SSSR count). The van der Waals surface area contributed by atoms with E-state index >= 15 is 0 Å². The van der Waals surface area contributed by atoms with E-state index in [2.05, 4.69) is 6.92 Å². The minimum absolute atomic E-state index is 0.366. The maximum Gasteiger partial charge on any atom is 0.164 e. The van der Waals surface area contributed by atoms with Gasteiger partial charge in [-0.05, 0) is 13.3 Å². The summed E-state index contributed by atoms with van der Waals surface area (Å²) >= 11 is 0. The molecule has 11 heavy (non-hydrogen) atoms. The van der Waals surface area contributed by atoms with Crippen LogP contribution >= 0.6 is 0 Å². The Bertz CT molecular complexity index is 87.6. The first kappa shape index (κ1) is 10.9. The van der Waals surface area contributed by atoms with Crippen molar-refractivity contribution in [3.63, 3.8) is 0 Å². The van der Waals surface area contributed by atoms with Gasteiger partial charge in [0.25, 0.3) is 0 Å². The van der Waals surface area contributed by atoms with Gasteiger partial charge in [-0.1, -0.05) is 19.8 Å². The molecule has 0 aliphatic rings. The molecule has 0 saturated carbocycles. The van der Waals surface area contributed by atoms with Gasteiger partial charge in [-0.3, -0.25) is 0 Å². The highest BCUT2D eigenvalue weighted by molar-refractivity contribution is 4.60. The third-order valence-corrected chi connectivity index (χ3v) is 2.10. The van der Waals surface area contributed by atoms with Crippen LogP contribution in [0, 0.1) is 0 Å². The fourth-order valence-corrected chi connectivity index (χ4v) is 0.984. The zero-order valence-corrected chi connectivity index (χ0v) is 8.14. The fraction of sp³-hybridized carbons (Fsp3) is 1.00. The van der Waals surface area contributed by atoms with Crippen molar-refractivity contribution >= 4 is 0 Å². The third kappa shape index (κ3) is 4.38. The Labute approximate surface area is 69.9 Å². The lowest BCUT2D eigenvalue weighted by atomic mass is 10.1. The molecule has 68 valence electrons. The third-order valence-electron chi connectivity index (χ3n) is 2.10. The largest absolute Gasteiger partial charge is 0.353 e. The molecule has 0 bridgehead atoms. The van der Waals surface area contributed by atoms with Gasteiger partial charge in [0.05, 0.1) is 0 Å². The number of ether oxygens (including phenoxy) is 2. The summed E-state index contributed by atoms with van der Waals surface area (Å²) in [5.74, 6) is -0.366. The van der Waals surface area contributed by atoms with Crippen LogP contribution in [0.4, 0.5) is 0 Å². The SMILES string of the molecule is CCCCCC(C)(OC)OC. The second-order valence-corrected chi connectivity index (χ2v) is 3.00. The lowest BCUT2D eigenvalue weighted by Crippen LogP contribution is -2.29. The molecular formula is C9H20O2. The molecule has 0 aromatic carbocycles. The maximum atomic E-state index is 5.21. The molecule has 0 aliphatic carbocycles. The van der Waals surface area contributed by atoms with Crippen molar-refractivity contribution in [2.45, 2.75) is 45.3 Å². The molecule has 0 aromatic rings. The molecule has 0 spiro atoms. The normalized spacial score (nSPS) is 12.0. The standard InChI is InChI=1S/C9H20O2/c1-5-6-7-8-9(2,10-3)11-4/h5-8H2,1-4H3. The van der Waals surface area contributed by atoms with Crippen LogP contribution < -0.4 is 0 Å². The Balaban J connectivity index is 3.51. The quantitative estimate of drug-likeness (QED) is 0.439.